The van der Waals surface area contributed by atoms with Gasteiger partial charge in [-0.1, -0.05) is 18.2 Å². The van der Waals surface area contributed by atoms with E-state index in [1.54, 1.807) is 12.3 Å². The zero-order valence-corrected chi connectivity index (χ0v) is 10.9. The van der Waals surface area contributed by atoms with Gasteiger partial charge < -0.3 is 10.1 Å². The molecule has 0 saturated heterocycles. The van der Waals surface area contributed by atoms with Gasteiger partial charge in [-0.05, 0) is 31.5 Å². The monoisotopic (exact) mass is 257 g/mol. The van der Waals surface area contributed by atoms with Gasteiger partial charge in [-0.2, -0.15) is 0 Å². The summed E-state index contributed by atoms with van der Waals surface area (Å²) in [5, 5.41) is 2.78. The number of aromatic nitrogens is 2. The number of hydrogen-bond acceptors (Lipinski definition) is 4. The summed E-state index contributed by atoms with van der Waals surface area (Å²) in [4.78, 5) is 19.7. The Hall–Kier alpha value is -2.43. The first kappa shape index (κ1) is 13.0. The van der Waals surface area contributed by atoms with Crippen LogP contribution in [0.25, 0.3) is 0 Å². The molecule has 1 amide bonds. The summed E-state index contributed by atoms with van der Waals surface area (Å²) in [5.74, 6) is -0.237. The van der Waals surface area contributed by atoms with Crippen LogP contribution in [0.15, 0.2) is 36.5 Å². The Morgan fingerprint density at radius 1 is 1.26 bits per heavy atom. The number of carbonyl (C=O) groups excluding carboxylic acids is 1. The highest BCUT2D eigenvalue weighted by atomic mass is 16.5. The molecule has 0 spiro atoms. The van der Waals surface area contributed by atoms with Crippen LogP contribution < -0.4 is 10.1 Å². The molecule has 2 rings (SSSR count). The van der Waals surface area contributed by atoms with Crippen molar-refractivity contribution in [2.24, 2.45) is 0 Å². The molecule has 19 heavy (non-hydrogen) atoms. The second-order valence-corrected chi connectivity index (χ2v) is 4.13. The molecule has 0 saturated carbocycles. The van der Waals surface area contributed by atoms with Gasteiger partial charge in [-0.15, -0.1) is 0 Å². The average molecular weight is 257 g/mol. The number of nitrogens with one attached hydrogen (secondary N) is 1. The van der Waals surface area contributed by atoms with Gasteiger partial charge in [0.25, 0.3) is 5.91 Å². The second kappa shape index (κ2) is 5.95. The number of para-hydroxylation sites is 1. The van der Waals surface area contributed by atoms with Crippen LogP contribution in [0.2, 0.25) is 0 Å². The van der Waals surface area contributed by atoms with Crippen molar-refractivity contribution < 1.29 is 9.53 Å². The lowest BCUT2D eigenvalue weighted by molar-refractivity contribution is -0.118. The highest BCUT2D eigenvalue weighted by molar-refractivity contribution is 5.92. The van der Waals surface area contributed by atoms with Crippen molar-refractivity contribution in [2.45, 2.75) is 13.8 Å². The van der Waals surface area contributed by atoms with E-state index < -0.39 is 0 Å². The smallest absolute Gasteiger partial charge is 0.317 e. The summed E-state index contributed by atoms with van der Waals surface area (Å²) in [7, 11) is 0. The van der Waals surface area contributed by atoms with Crippen LogP contribution in [-0.4, -0.2) is 22.5 Å². The minimum Gasteiger partial charge on any atom is -0.453 e. The van der Waals surface area contributed by atoms with Crippen LogP contribution >= 0.6 is 0 Å². The van der Waals surface area contributed by atoms with Crippen LogP contribution in [0.1, 0.15) is 11.3 Å². The summed E-state index contributed by atoms with van der Waals surface area (Å²) in [6.45, 7) is 3.65. The van der Waals surface area contributed by atoms with Gasteiger partial charge in [0.2, 0.25) is 0 Å². The molecule has 1 heterocycles. The van der Waals surface area contributed by atoms with Gasteiger partial charge in [-0.3, -0.25) is 4.79 Å². The van der Waals surface area contributed by atoms with Gasteiger partial charge in [0.05, 0.1) is 0 Å². The lowest BCUT2D eigenvalue weighted by atomic mass is 10.2. The first-order valence-corrected chi connectivity index (χ1v) is 5.93. The van der Waals surface area contributed by atoms with Crippen molar-refractivity contribution in [3.63, 3.8) is 0 Å². The summed E-state index contributed by atoms with van der Waals surface area (Å²) < 4.78 is 5.23. The normalized spacial score (nSPS) is 10.0. The van der Waals surface area contributed by atoms with Crippen LogP contribution in [0, 0.1) is 13.8 Å². The number of anilines is 1. The molecule has 0 bridgehead atoms. The molecule has 0 atom stereocenters. The van der Waals surface area contributed by atoms with Crippen molar-refractivity contribution in [1.29, 1.82) is 0 Å². The van der Waals surface area contributed by atoms with Crippen LogP contribution in [-0.2, 0) is 4.79 Å². The number of ether oxygens (including phenoxy) is 1. The molecular weight excluding hydrogens is 242 g/mol. The van der Waals surface area contributed by atoms with E-state index in [2.05, 4.69) is 15.3 Å². The predicted molar refractivity (Wildman–Crippen MR) is 72.1 cm³/mol. The maximum absolute atomic E-state index is 11.7. The average Bonchev–Trinajstić information content (AvgIpc) is 2.39. The van der Waals surface area contributed by atoms with Gasteiger partial charge in [-0.25, -0.2) is 9.97 Å². The van der Waals surface area contributed by atoms with Gasteiger partial charge in [0.15, 0.2) is 6.61 Å². The maximum Gasteiger partial charge on any atom is 0.317 e. The van der Waals surface area contributed by atoms with Gasteiger partial charge >= 0.3 is 6.01 Å². The Morgan fingerprint density at radius 2 is 2.05 bits per heavy atom. The summed E-state index contributed by atoms with van der Waals surface area (Å²) in [6, 6.07) is 9.53. The Bertz CT molecular complexity index is 584. The maximum atomic E-state index is 11.7. The third-order valence-corrected chi connectivity index (χ3v) is 2.52. The standard InChI is InChI=1S/C14H15N3O2/c1-10-5-3-4-6-12(10)17-13(18)9-19-14-15-8-7-11(2)16-14/h3-8H,9H2,1-2H3,(H,17,18). The lowest BCUT2D eigenvalue weighted by Gasteiger charge is -2.08. The molecule has 2 aromatic rings. The molecule has 1 aromatic heterocycles. The van der Waals surface area contributed by atoms with E-state index in [1.165, 1.54) is 0 Å². The van der Waals surface area contributed by atoms with Crippen molar-refractivity contribution in [3.05, 3.63) is 47.8 Å². The highest BCUT2D eigenvalue weighted by Crippen LogP contribution is 2.12. The van der Waals surface area contributed by atoms with E-state index in [1.807, 2.05) is 38.1 Å². The minimum atomic E-state index is -0.237. The fourth-order valence-corrected chi connectivity index (χ4v) is 1.52. The van der Waals surface area contributed by atoms with Crippen LogP contribution in [0.3, 0.4) is 0 Å². The zero-order chi connectivity index (χ0) is 13.7. The summed E-state index contributed by atoms with van der Waals surface area (Å²) in [6.07, 6.45) is 1.59. The molecular formula is C14H15N3O2. The predicted octanol–water partition coefficient (Wildman–Crippen LogP) is 2.11. The molecule has 0 fully saturated rings. The number of hydrogen-bond donors (Lipinski definition) is 1. The lowest BCUT2D eigenvalue weighted by Crippen LogP contribution is -2.21. The second-order valence-electron chi connectivity index (χ2n) is 4.13. The van der Waals surface area contributed by atoms with E-state index in [4.69, 9.17) is 4.74 Å². The number of aryl methyl sites for hydroxylation is 2. The van der Waals surface area contributed by atoms with E-state index in [0.717, 1.165) is 16.9 Å². The Kier molecular flexibility index (Phi) is 4.07. The molecule has 0 radical (unpaired) electrons. The molecule has 5 heteroatoms. The van der Waals surface area contributed by atoms with E-state index in [-0.39, 0.29) is 18.5 Å². The Labute approximate surface area is 111 Å². The molecule has 1 N–H and O–H groups in total. The Morgan fingerprint density at radius 3 is 2.79 bits per heavy atom. The third-order valence-electron chi connectivity index (χ3n) is 2.52. The zero-order valence-electron chi connectivity index (χ0n) is 10.9. The topological polar surface area (TPSA) is 64.1 Å². The molecule has 0 aliphatic heterocycles. The van der Waals surface area contributed by atoms with Crippen molar-refractivity contribution in [1.82, 2.24) is 9.97 Å². The largest absolute Gasteiger partial charge is 0.453 e. The van der Waals surface area contributed by atoms with E-state index in [9.17, 15) is 4.79 Å². The first-order chi connectivity index (χ1) is 9.15. The molecule has 98 valence electrons. The highest BCUT2D eigenvalue weighted by Gasteiger charge is 2.06. The van der Waals surface area contributed by atoms with Crippen LogP contribution in [0.5, 0.6) is 6.01 Å². The van der Waals surface area contributed by atoms with Crippen molar-refractivity contribution in [3.8, 4) is 6.01 Å². The number of rotatable bonds is 4. The SMILES string of the molecule is Cc1ccnc(OCC(=O)Nc2ccccc2C)n1. The summed E-state index contributed by atoms with van der Waals surface area (Å²) in [5.41, 5.74) is 2.58. The van der Waals surface area contributed by atoms with Crippen LogP contribution in [0.4, 0.5) is 5.69 Å². The fraction of sp³-hybridized carbons (Fsp3) is 0.214. The number of amides is 1. The molecule has 0 aliphatic carbocycles. The minimum absolute atomic E-state index is 0.113. The van der Waals surface area contributed by atoms with Gasteiger partial charge in [0, 0.05) is 17.6 Å². The number of carbonyl (C=O) groups is 1. The first-order valence-electron chi connectivity index (χ1n) is 5.93. The van der Waals surface area contributed by atoms with Crippen molar-refractivity contribution in [2.75, 3.05) is 11.9 Å². The van der Waals surface area contributed by atoms with Crippen molar-refractivity contribution >= 4 is 11.6 Å². The Balaban J connectivity index is 1.90. The summed E-state index contributed by atoms with van der Waals surface area (Å²) >= 11 is 0. The quantitative estimate of drug-likeness (QED) is 0.911. The van der Waals surface area contributed by atoms with E-state index >= 15 is 0 Å². The fourth-order valence-electron chi connectivity index (χ4n) is 1.52. The molecule has 0 aliphatic rings. The van der Waals surface area contributed by atoms with Gasteiger partial charge in [0.1, 0.15) is 0 Å². The molecule has 5 nitrogen and oxygen atoms in total. The third kappa shape index (κ3) is 3.77. The van der Waals surface area contributed by atoms with E-state index in [0.29, 0.717) is 0 Å². The number of benzene rings is 1. The molecule has 0 unspecified atom stereocenters. The molecule has 1 aromatic carbocycles. The number of nitrogens with zero attached hydrogens (tertiary/aromatic N) is 2.